The molecule has 166 valence electrons. The molecule has 0 saturated heterocycles. The molecule has 0 fully saturated rings. The standard InChI is InChI=1S/C24H46O4/c1-5-9-13-15-17-21(22(25)26)24(18-11-7-3,19-16-14-10-6-2)23(27)28-20-12-8-4/h21H,5-20H2,1-4H3,(H,25,26). The molecular formula is C24H46O4. The summed E-state index contributed by atoms with van der Waals surface area (Å²) in [5.41, 5.74) is -0.866. The van der Waals surface area contributed by atoms with Gasteiger partial charge in [0.25, 0.3) is 0 Å². The second kappa shape index (κ2) is 16.9. The topological polar surface area (TPSA) is 63.6 Å². The Morgan fingerprint density at radius 3 is 1.82 bits per heavy atom. The van der Waals surface area contributed by atoms with Crippen LogP contribution in [0.1, 0.15) is 124 Å². The van der Waals surface area contributed by atoms with Crippen molar-refractivity contribution in [2.45, 2.75) is 124 Å². The number of hydrogen-bond acceptors (Lipinski definition) is 3. The largest absolute Gasteiger partial charge is 0.481 e. The fourth-order valence-corrected chi connectivity index (χ4v) is 4.04. The van der Waals surface area contributed by atoms with Crippen molar-refractivity contribution in [1.29, 1.82) is 0 Å². The molecule has 2 unspecified atom stereocenters. The van der Waals surface area contributed by atoms with Gasteiger partial charge in [-0.25, -0.2) is 0 Å². The van der Waals surface area contributed by atoms with Crippen molar-refractivity contribution in [2.75, 3.05) is 6.61 Å². The Kier molecular flexibility index (Phi) is 16.2. The summed E-state index contributed by atoms with van der Waals surface area (Å²) in [6.45, 7) is 8.88. The first-order valence-corrected chi connectivity index (χ1v) is 11.9. The lowest BCUT2D eigenvalue weighted by molar-refractivity contribution is -0.170. The first-order chi connectivity index (χ1) is 13.5. The van der Waals surface area contributed by atoms with Gasteiger partial charge in [-0.2, -0.15) is 0 Å². The van der Waals surface area contributed by atoms with Crippen molar-refractivity contribution in [1.82, 2.24) is 0 Å². The lowest BCUT2D eigenvalue weighted by atomic mass is 9.66. The first kappa shape index (κ1) is 26.9. The minimum atomic E-state index is -0.866. The van der Waals surface area contributed by atoms with E-state index in [1.54, 1.807) is 0 Å². The predicted molar refractivity (Wildman–Crippen MR) is 116 cm³/mol. The Bertz CT molecular complexity index is 407. The quantitative estimate of drug-likeness (QED) is 0.185. The average molecular weight is 399 g/mol. The molecule has 0 aromatic heterocycles. The van der Waals surface area contributed by atoms with E-state index >= 15 is 0 Å². The molecule has 4 heteroatoms. The van der Waals surface area contributed by atoms with Gasteiger partial charge in [0.2, 0.25) is 0 Å². The number of carbonyl (C=O) groups excluding carboxylic acids is 1. The fourth-order valence-electron chi connectivity index (χ4n) is 4.04. The van der Waals surface area contributed by atoms with E-state index in [1.165, 1.54) is 0 Å². The maximum atomic E-state index is 13.3. The van der Waals surface area contributed by atoms with E-state index in [1.807, 2.05) is 0 Å². The van der Waals surface area contributed by atoms with E-state index in [0.29, 0.717) is 25.9 Å². The van der Waals surface area contributed by atoms with Crippen molar-refractivity contribution in [3.63, 3.8) is 0 Å². The van der Waals surface area contributed by atoms with E-state index in [2.05, 4.69) is 27.7 Å². The van der Waals surface area contributed by atoms with Gasteiger partial charge in [-0.05, 0) is 25.7 Å². The molecule has 0 aliphatic carbocycles. The summed E-state index contributed by atoms with van der Waals surface area (Å²) in [5, 5.41) is 10.1. The highest BCUT2D eigenvalue weighted by molar-refractivity contribution is 5.84. The molecule has 0 saturated carbocycles. The minimum Gasteiger partial charge on any atom is -0.481 e. The first-order valence-electron chi connectivity index (χ1n) is 11.9. The molecule has 0 aromatic carbocycles. The second-order valence-corrected chi connectivity index (χ2v) is 8.30. The third-order valence-electron chi connectivity index (χ3n) is 5.90. The van der Waals surface area contributed by atoms with Gasteiger partial charge in [-0.15, -0.1) is 0 Å². The molecule has 0 radical (unpaired) electrons. The van der Waals surface area contributed by atoms with Gasteiger partial charge in [-0.3, -0.25) is 9.59 Å². The number of carbonyl (C=O) groups is 2. The van der Waals surface area contributed by atoms with Gasteiger partial charge in [0.1, 0.15) is 0 Å². The number of hydrogen-bond donors (Lipinski definition) is 1. The van der Waals surface area contributed by atoms with Crippen molar-refractivity contribution in [3.05, 3.63) is 0 Å². The monoisotopic (exact) mass is 398 g/mol. The summed E-state index contributed by atoms with van der Waals surface area (Å²) < 4.78 is 5.66. The summed E-state index contributed by atoms with van der Waals surface area (Å²) in [4.78, 5) is 25.5. The van der Waals surface area contributed by atoms with Crippen molar-refractivity contribution >= 4 is 11.9 Å². The zero-order chi connectivity index (χ0) is 21.3. The number of rotatable bonds is 19. The van der Waals surface area contributed by atoms with Gasteiger partial charge < -0.3 is 9.84 Å². The van der Waals surface area contributed by atoms with Crippen LogP contribution < -0.4 is 0 Å². The zero-order valence-corrected chi connectivity index (χ0v) is 19.1. The average Bonchev–Trinajstić information content (AvgIpc) is 2.68. The molecule has 0 amide bonds. The highest BCUT2D eigenvalue weighted by Crippen LogP contribution is 2.43. The Morgan fingerprint density at radius 2 is 1.29 bits per heavy atom. The fraction of sp³-hybridized carbons (Fsp3) is 0.917. The SMILES string of the molecule is CCCCCCC(C(=O)O)C(CCCC)(CCCCCC)C(=O)OCCCC. The van der Waals surface area contributed by atoms with Crippen LogP contribution in [0.4, 0.5) is 0 Å². The lowest BCUT2D eigenvalue weighted by Crippen LogP contribution is -2.44. The van der Waals surface area contributed by atoms with Gasteiger partial charge >= 0.3 is 11.9 Å². The molecule has 0 aliphatic heterocycles. The van der Waals surface area contributed by atoms with E-state index in [0.717, 1.165) is 77.0 Å². The van der Waals surface area contributed by atoms with Crippen LogP contribution in [-0.4, -0.2) is 23.7 Å². The van der Waals surface area contributed by atoms with Crippen LogP contribution in [0.2, 0.25) is 0 Å². The molecule has 0 aromatic rings. The number of unbranched alkanes of at least 4 members (excludes halogenated alkanes) is 8. The Labute approximate surface area is 173 Å². The third-order valence-corrected chi connectivity index (χ3v) is 5.90. The Hall–Kier alpha value is -1.06. The number of carboxylic acid groups (broad SMARTS) is 1. The third kappa shape index (κ3) is 9.93. The smallest absolute Gasteiger partial charge is 0.312 e. The summed E-state index contributed by atoms with van der Waals surface area (Å²) in [6, 6.07) is 0. The molecule has 4 nitrogen and oxygen atoms in total. The Morgan fingerprint density at radius 1 is 0.750 bits per heavy atom. The molecular weight excluding hydrogens is 352 g/mol. The second-order valence-electron chi connectivity index (χ2n) is 8.30. The molecule has 0 heterocycles. The molecule has 2 atom stereocenters. The molecule has 0 bridgehead atoms. The van der Waals surface area contributed by atoms with Crippen LogP contribution in [0, 0.1) is 11.3 Å². The highest BCUT2D eigenvalue weighted by Gasteiger charge is 2.49. The van der Waals surface area contributed by atoms with Gasteiger partial charge in [0.05, 0.1) is 17.9 Å². The van der Waals surface area contributed by atoms with Crippen LogP contribution >= 0.6 is 0 Å². The Balaban J connectivity index is 5.56. The van der Waals surface area contributed by atoms with E-state index in [9.17, 15) is 14.7 Å². The molecule has 0 rings (SSSR count). The van der Waals surface area contributed by atoms with Gasteiger partial charge in [0, 0.05) is 0 Å². The maximum absolute atomic E-state index is 13.3. The van der Waals surface area contributed by atoms with Crippen LogP contribution in [0.5, 0.6) is 0 Å². The zero-order valence-electron chi connectivity index (χ0n) is 19.1. The molecule has 0 aliphatic rings. The minimum absolute atomic E-state index is 0.256. The van der Waals surface area contributed by atoms with Crippen LogP contribution in [0.15, 0.2) is 0 Å². The summed E-state index contributed by atoms with van der Waals surface area (Å²) >= 11 is 0. The van der Waals surface area contributed by atoms with E-state index in [-0.39, 0.29) is 5.97 Å². The lowest BCUT2D eigenvalue weighted by Gasteiger charge is -2.37. The summed E-state index contributed by atoms with van der Waals surface area (Å²) in [7, 11) is 0. The number of aliphatic carboxylic acids is 1. The normalized spacial score (nSPS) is 14.4. The van der Waals surface area contributed by atoms with E-state index in [4.69, 9.17) is 4.74 Å². The summed E-state index contributed by atoms with van der Waals surface area (Å²) in [5.74, 6) is -1.71. The number of ether oxygens (including phenoxy) is 1. The molecule has 1 N–H and O–H groups in total. The molecule has 28 heavy (non-hydrogen) atoms. The maximum Gasteiger partial charge on any atom is 0.312 e. The van der Waals surface area contributed by atoms with Crippen LogP contribution in [-0.2, 0) is 14.3 Å². The van der Waals surface area contributed by atoms with Gasteiger partial charge in [-0.1, -0.05) is 98.3 Å². The number of carboxylic acids is 1. The number of esters is 1. The van der Waals surface area contributed by atoms with E-state index < -0.39 is 17.3 Å². The summed E-state index contributed by atoms with van der Waals surface area (Å²) in [6.07, 6.45) is 13.8. The van der Waals surface area contributed by atoms with Crippen molar-refractivity contribution in [3.8, 4) is 0 Å². The van der Waals surface area contributed by atoms with Gasteiger partial charge in [0.15, 0.2) is 0 Å². The van der Waals surface area contributed by atoms with Crippen molar-refractivity contribution < 1.29 is 19.4 Å². The highest BCUT2D eigenvalue weighted by atomic mass is 16.5. The van der Waals surface area contributed by atoms with Crippen LogP contribution in [0.25, 0.3) is 0 Å². The predicted octanol–water partition coefficient (Wildman–Crippen LogP) is 7.15. The molecule has 0 spiro atoms. The van der Waals surface area contributed by atoms with Crippen molar-refractivity contribution in [2.24, 2.45) is 11.3 Å². The van der Waals surface area contributed by atoms with Crippen LogP contribution in [0.3, 0.4) is 0 Å².